The van der Waals surface area contributed by atoms with Crippen molar-refractivity contribution in [1.82, 2.24) is 15.0 Å². The first-order chi connectivity index (χ1) is 13.7. The van der Waals surface area contributed by atoms with E-state index in [0.717, 1.165) is 48.6 Å². The second-order valence-corrected chi connectivity index (χ2v) is 7.95. The number of amidine groups is 1. The lowest BCUT2D eigenvalue weighted by Crippen LogP contribution is -2.36. The Morgan fingerprint density at radius 1 is 1.00 bits per heavy atom. The molecule has 5 rings (SSSR count). The van der Waals surface area contributed by atoms with Crippen LogP contribution in [0.2, 0.25) is 0 Å². The zero-order chi connectivity index (χ0) is 19.1. The normalized spacial score (nSPS) is 16.5. The molecule has 0 aliphatic carbocycles. The number of pyridine rings is 2. The van der Waals surface area contributed by atoms with Crippen LogP contribution in [0.1, 0.15) is 23.4 Å². The van der Waals surface area contributed by atoms with E-state index in [1.165, 1.54) is 11.3 Å². The van der Waals surface area contributed by atoms with Crippen molar-refractivity contribution in [2.24, 2.45) is 0 Å². The van der Waals surface area contributed by atoms with Gasteiger partial charge in [0.1, 0.15) is 16.7 Å². The van der Waals surface area contributed by atoms with Gasteiger partial charge in [-0.2, -0.15) is 4.39 Å². The molecule has 0 spiro atoms. The number of fused-ring (bicyclic) bond motifs is 1. The maximum Gasteiger partial charge on any atom is 0.225 e. The number of halogens is 1. The molecule has 3 aromatic heterocycles. The van der Waals surface area contributed by atoms with Gasteiger partial charge in [0.05, 0.1) is 16.1 Å². The van der Waals surface area contributed by atoms with E-state index >= 15 is 0 Å². The molecule has 0 aromatic carbocycles. The molecular weight excluding hydrogens is 375 g/mol. The fraction of sp³-hybridized carbons (Fsp3) is 0.300. The Kier molecular flexibility index (Phi) is 4.27. The summed E-state index contributed by atoms with van der Waals surface area (Å²) in [6.07, 6.45) is 6.41. The van der Waals surface area contributed by atoms with Crippen LogP contribution in [0, 0.1) is 11.4 Å². The van der Waals surface area contributed by atoms with Crippen LogP contribution in [0.3, 0.4) is 0 Å². The smallest absolute Gasteiger partial charge is 0.225 e. The number of hydrogen-bond acceptors (Lipinski definition) is 6. The summed E-state index contributed by atoms with van der Waals surface area (Å²) in [4.78, 5) is 17.7. The Morgan fingerprint density at radius 2 is 1.79 bits per heavy atom. The topological polar surface area (TPSA) is 69.0 Å². The molecule has 1 fully saturated rings. The van der Waals surface area contributed by atoms with Gasteiger partial charge in [-0.15, -0.1) is 11.3 Å². The summed E-state index contributed by atoms with van der Waals surface area (Å²) in [6.45, 7) is 2.53. The van der Waals surface area contributed by atoms with Gasteiger partial charge < -0.3 is 9.80 Å². The monoisotopic (exact) mass is 394 g/mol. The third-order valence-electron chi connectivity index (χ3n) is 5.22. The number of nitrogens with one attached hydrogen (secondary N) is 1. The molecule has 5 heterocycles. The molecule has 0 radical (unpaired) electrons. The molecule has 142 valence electrons. The Labute approximate surface area is 166 Å². The van der Waals surface area contributed by atoms with E-state index in [1.54, 1.807) is 18.5 Å². The molecule has 6 nitrogen and oxygen atoms in total. The second kappa shape index (κ2) is 6.94. The van der Waals surface area contributed by atoms with Gasteiger partial charge in [0.15, 0.2) is 0 Å². The van der Waals surface area contributed by atoms with Gasteiger partial charge in [0, 0.05) is 44.1 Å². The summed E-state index contributed by atoms with van der Waals surface area (Å²) in [7, 11) is 0. The second-order valence-electron chi connectivity index (χ2n) is 6.95. The van der Waals surface area contributed by atoms with Crippen LogP contribution in [0.25, 0.3) is 10.6 Å². The SMILES string of the molecule is N=C1c2sc(-c3ccc(N4CCCC4)nc3F)nc2CCN1c1ccncc1. The van der Waals surface area contributed by atoms with Crippen molar-refractivity contribution in [3.05, 3.63) is 53.2 Å². The summed E-state index contributed by atoms with van der Waals surface area (Å²) in [5.74, 6) is 0.600. The highest BCUT2D eigenvalue weighted by molar-refractivity contribution is 7.17. The van der Waals surface area contributed by atoms with Crippen LogP contribution in [0.5, 0.6) is 0 Å². The molecule has 0 unspecified atom stereocenters. The Hall–Kier alpha value is -2.87. The van der Waals surface area contributed by atoms with Crippen LogP contribution >= 0.6 is 11.3 Å². The first kappa shape index (κ1) is 17.2. The van der Waals surface area contributed by atoms with Crippen LogP contribution in [0.15, 0.2) is 36.7 Å². The Bertz CT molecular complexity index is 1030. The highest BCUT2D eigenvalue weighted by Gasteiger charge is 2.28. The number of aromatic nitrogens is 3. The summed E-state index contributed by atoms with van der Waals surface area (Å²) >= 11 is 1.36. The summed E-state index contributed by atoms with van der Waals surface area (Å²) in [5, 5.41) is 9.19. The van der Waals surface area contributed by atoms with E-state index < -0.39 is 5.95 Å². The zero-order valence-electron chi connectivity index (χ0n) is 15.2. The number of anilines is 2. The summed E-state index contributed by atoms with van der Waals surface area (Å²) in [6, 6.07) is 7.42. The third kappa shape index (κ3) is 2.93. The van der Waals surface area contributed by atoms with Crippen molar-refractivity contribution in [3.8, 4) is 10.6 Å². The van der Waals surface area contributed by atoms with Crippen molar-refractivity contribution in [2.75, 3.05) is 29.4 Å². The van der Waals surface area contributed by atoms with Crippen molar-refractivity contribution >= 4 is 28.7 Å². The highest BCUT2D eigenvalue weighted by atomic mass is 32.1. The maximum atomic E-state index is 14.8. The average Bonchev–Trinajstić information content (AvgIpc) is 3.39. The Morgan fingerprint density at radius 3 is 2.54 bits per heavy atom. The number of nitrogens with zero attached hydrogens (tertiary/aromatic N) is 5. The van der Waals surface area contributed by atoms with Gasteiger partial charge in [0.2, 0.25) is 5.95 Å². The number of thiazole rings is 1. The van der Waals surface area contributed by atoms with Crippen molar-refractivity contribution in [1.29, 1.82) is 5.41 Å². The average molecular weight is 394 g/mol. The molecule has 0 bridgehead atoms. The predicted molar refractivity (Wildman–Crippen MR) is 109 cm³/mol. The van der Waals surface area contributed by atoms with E-state index in [1.807, 2.05) is 23.1 Å². The maximum absolute atomic E-state index is 14.8. The molecule has 0 atom stereocenters. The molecule has 0 amide bonds. The third-order valence-corrected chi connectivity index (χ3v) is 6.36. The fourth-order valence-corrected chi connectivity index (χ4v) is 4.85. The molecule has 0 saturated carbocycles. The minimum Gasteiger partial charge on any atom is -0.357 e. The van der Waals surface area contributed by atoms with Gasteiger partial charge in [-0.05, 0) is 37.1 Å². The lowest BCUT2D eigenvalue weighted by molar-refractivity contribution is 0.586. The molecule has 28 heavy (non-hydrogen) atoms. The molecule has 1 saturated heterocycles. The molecular formula is C20H19FN6S. The molecule has 2 aliphatic heterocycles. The minimum absolute atomic E-state index is 0.401. The number of rotatable bonds is 3. The predicted octanol–water partition coefficient (Wildman–Crippen LogP) is 3.73. The van der Waals surface area contributed by atoms with Crippen LogP contribution in [-0.2, 0) is 6.42 Å². The Balaban J connectivity index is 1.45. The van der Waals surface area contributed by atoms with Crippen molar-refractivity contribution in [3.63, 3.8) is 0 Å². The number of hydrogen-bond donors (Lipinski definition) is 1. The van der Waals surface area contributed by atoms with E-state index in [-0.39, 0.29) is 0 Å². The molecule has 1 N–H and O–H groups in total. The lowest BCUT2D eigenvalue weighted by atomic mass is 10.1. The summed E-state index contributed by atoms with van der Waals surface area (Å²) < 4.78 is 14.8. The van der Waals surface area contributed by atoms with Crippen molar-refractivity contribution in [2.45, 2.75) is 19.3 Å². The van der Waals surface area contributed by atoms with Gasteiger partial charge in [-0.25, -0.2) is 9.97 Å². The van der Waals surface area contributed by atoms with Gasteiger partial charge in [0.25, 0.3) is 0 Å². The van der Waals surface area contributed by atoms with Crippen molar-refractivity contribution < 1.29 is 4.39 Å². The van der Waals surface area contributed by atoms with Gasteiger partial charge in [-0.3, -0.25) is 10.4 Å². The quantitative estimate of drug-likeness (QED) is 0.686. The zero-order valence-corrected chi connectivity index (χ0v) is 16.0. The van der Waals surface area contributed by atoms with E-state index in [0.29, 0.717) is 28.8 Å². The van der Waals surface area contributed by atoms with E-state index in [2.05, 4.69) is 19.9 Å². The van der Waals surface area contributed by atoms with Gasteiger partial charge in [-0.1, -0.05) is 0 Å². The van der Waals surface area contributed by atoms with Crippen LogP contribution in [0.4, 0.5) is 15.9 Å². The first-order valence-electron chi connectivity index (χ1n) is 9.39. The molecule has 2 aliphatic rings. The largest absolute Gasteiger partial charge is 0.357 e. The van der Waals surface area contributed by atoms with E-state index in [9.17, 15) is 4.39 Å². The first-order valence-corrected chi connectivity index (χ1v) is 10.2. The van der Waals surface area contributed by atoms with Crippen LogP contribution < -0.4 is 9.80 Å². The molecule has 8 heteroatoms. The lowest BCUT2D eigenvalue weighted by Gasteiger charge is -2.28. The van der Waals surface area contributed by atoms with Gasteiger partial charge >= 0.3 is 0 Å². The highest BCUT2D eigenvalue weighted by Crippen LogP contribution is 2.34. The minimum atomic E-state index is -0.493. The van der Waals surface area contributed by atoms with Crippen LogP contribution in [-0.4, -0.2) is 40.4 Å². The van der Waals surface area contributed by atoms with E-state index in [4.69, 9.17) is 5.41 Å². The fourth-order valence-electron chi connectivity index (χ4n) is 3.76. The summed E-state index contributed by atoms with van der Waals surface area (Å²) in [5.41, 5.74) is 2.20. The standard InChI is InChI=1S/C20H19FN6S/c21-18-14(3-4-16(25-18)26-10-1-2-11-26)20-24-15-7-12-27(19(22)17(15)28-20)13-5-8-23-9-6-13/h3-6,8-9,22H,1-2,7,10-12H2. The molecule has 3 aromatic rings.